The molecule has 142 valence electrons. The fourth-order valence-electron chi connectivity index (χ4n) is 3.23. The zero-order valence-corrected chi connectivity index (χ0v) is 15.3. The third-order valence-electron chi connectivity index (χ3n) is 4.61. The average Bonchev–Trinajstić information content (AvgIpc) is 2.73. The van der Waals surface area contributed by atoms with Gasteiger partial charge in [-0.3, -0.25) is 9.59 Å². The molecule has 2 amide bonds. The Morgan fingerprint density at radius 2 is 1.85 bits per heavy atom. The van der Waals surface area contributed by atoms with Crippen LogP contribution < -0.4 is 15.8 Å². The molecule has 1 fully saturated rings. The van der Waals surface area contributed by atoms with Crippen LogP contribution >= 0.6 is 0 Å². The summed E-state index contributed by atoms with van der Waals surface area (Å²) in [5.74, 6) is 0.847. The van der Waals surface area contributed by atoms with E-state index in [9.17, 15) is 9.59 Å². The van der Waals surface area contributed by atoms with Crippen molar-refractivity contribution in [2.45, 2.75) is 12.8 Å². The van der Waals surface area contributed by atoms with E-state index in [0.717, 1.165) is 12.8 Å². The highest BCUT2D eigenvalue weighted by Crippen LogP contribution is 2.27. The van der Waals surface area contributed by atoms with Crippen LogP contribution in [0, 0.1) is 5.92 Å². The van der Waals surface area contributed by atoms with Gasteiger partial charge in [0.15, 0.2) is 0 Å². The van der Waals surface area contributed by atoms with Crippen molar-refractivity contribution in [2.75, 3.05) is 26.2 Å². The van der Waals surface area contributed by atoms with Crippen molar-refractivity contribution in [1.82, 2.24) is 10.2 Å². The van der Waals surface area contributed by atoms with Crippen LogP contribution in [0.1, 0.15) is 23.2 Å². The van der Waals surface area contributed by atoms with Crippen molar-refractivity contribution in [1.29, 1.82) is 0 Å². The maximum absolute atomic E-state index is 13.1. The number of hydrogen-bond donors (Lipinski definition) is 2. The summed E-state index contributed by atoms with van der Waals surface area (Å²) < 4.78 is 5.91. The molecule has 6 heteroatoms. The Bertz CT molecular complexity index is 779. The first-order valence-corrected chi connectivity index (χ1v) is 9.28. The number of carbonyl (C=O) groups is 2. The number of piperidine rings is 1. The van der Waals surface area contributed by atoms with Crippen LogP contribution in [0.5, 0.6) is 11.5 Å². The average molecular weight is 367 g/mol. The Balaban J connectivity index is 1.73. The van der Waals surface area contributed by atoms with E-state index in [1.165, 1.54) is 0 Å². The highest BCUT2D eigenvalue weighted by atomic mass is 16.5. The number of rotatable bonds is 6. The minimum Gasteiger partial charge on any atom is -0.457 e. The van der Waals surface area contributed by atoms with E-state index < -0.39 is 0 Å². The summed E-state index contributed by atoms with van der Waals surface area (Å²) in [4.78, 5) is 27.1. The standard InChI is InChI=1S/C21H25N3O3/c22-12-13-23-20(25)16-7-6-14-24(15-16)21(26)18-10-4-5-11-19(18)27-17-8-2-1-3-9-17/h1-5,8-11,16H,6-7,12-15,22H2,(H,23,25). The lowest BCUT2D eigenvalue weighted by molar-refractivity contribution is -0.126. The Hall–Kier alpha value is -2.86. The van der Waals surface area contributed by atoms with Crippen molar-refractivity contribution in [2.24, 2.45) is 11.7 Å². The fourth-order valence-corrected chi connectivity index (χ4v) is 3.23. The van der Waals surface area contributed by atoms with E-state index in [1.807, 2.05) is 42.5 Å². The van der Waals surface area contributed by atoms with Crippen molar-refractivity contribution in [3.63, 3.8) is 0 Å². The van der Waals surface area contributed by atoms with Crippen LogP contribution in [0.2, 0.25) is 0 Å². The maximum atomic E-state index is 13.1. The lowest BCUT2D eigenvalue weighted by Crippen LogP contribution is -2.46. The minimum absolute atomic E-state index is 0.0354. The number of carbonyl (C=O) groups excluding carboxylic acids is 2. The zero-order chi connectivity index (χ0) is 19.1. The van der Waals surface area contributed by atoms with Crippen LogP contribution in [0.3, 0.4) is 0 Å². The molecule has 3 rings (SSSR count). The molecule has 0 bridgehead atoms. The molecule has 1 atom stereocenters. The van der Waals surface area contributed by atoms with Crippen molar-refractivity contribution < 1.29 is 14.3 Å². The van der Waals surface area contributed by atoms with E-state index in [4.69, 9.17) is 10.5 Å². The summed E-state index contributed by atoms with van der Waals surface area (Å²) in [6.07, 6.45) is 1.58. The molecule has 0 radical (unpaired) electrons. The van der Waals surface area contributed by atoms with Crippen molar-refractivity contribution in [3.05, 3.63) is 60.2 Å². The van der Waals surface area contributed by atoms with E-state index >= 15 is 0 Å². The minimum atomic E-state index is -0.198. The molecule has 0 saturated carbocycles. The van der Waals surface area contributed by atoms with Gasteiger partial charge in [-0.05, 0) is 37.1 Å². The quantitative estimate of drug-likeness (QED) is 0.821. The highest BCUT2D eigenvalue weighted by Gasteiger charge is 2.29. The van der Waals surface area contributed by atoms with Gasteiger partial charge < -0.3 is 20.7 Å². The lowest BCUT2D eigenvalue weighted by Gasteiger charge is -2.32. The number of para-hydroxylation sites is 2. The summed E-state index contributed by atoms with van der Waals surface area (Å²) in [6, 6.07) is 16.6. The van der Waals surface area contributed by atoms with Crippen LogP contribution in [0.25, 0.3) is 0 Å². The molecule has 2 aromatic rings. The van der Waals surface area contributed by atoms with Crippen LogP contribution in [-0.4, -0.2) is 42.9 Å². The summed E-state index contributed by atoms with van der Waals surface area (Å²) in [5, 5.41) is 2.82. The molecular weight excluding hydrogens is 342 g/mol. The van der Waals surface area contributed by atoms with Crippen LogP contribution in [0.15, 0.2) is 54.6 Å². The van der Waals surface area contributed by atoms with Crippen molar-refractivity contribution in [3.8, 4) is 11.5 Å². The molecule has 3 N–H and O–H groups in total. The molecule has 0 aromatic heterocycles. The second kappa shape index (κ2) is 9.19. The maximum Gasteiger partial charge on any atom is 0.257 e. The van der Waals surface area contributed by atoms with Gasteiger partial charge in [0, 0.05) is 26.2 Å². The Kier molecular flexibility index (Phi) is 6.44. The first kappa shape index (κ1) is 18.9. The highest BCUT2D eigenvalue weighted by molar-refractivity contribution is 5.97. The lowest BCUT2D eigenvalue weighted by atomic mass is 9.96. The van der Waals surface area contributed by atoms with Gasteiger partial charge in [0.25, 0.3) is 5.91 Å². The van der Waals surface area contributed by atoms with Gasteiger partial charge in [0.2, 0.25) is 5.91 Å². The number of nitrogens with two attached hydrogens (primary N) is 1. The number of ether oxygens (including phenoxy) is 1. The Morgan fingerprint density at radius 1 is 1.11 bits per heavy atom. The molecule has 1 unspecified atom stereocenters. The Labute approximate surface area is 159 Å². The monoisotopic (exact) mass is 367 g/mol. The third kappa shape index (κ3) is 4.86. The number of amides is 2. The molecule has 1 aliphatic rings. The number of benzene rings is 2. The molecule has 0 spiro atoms. The fraction of sp³-hybridized carbons (Fsp3) is 0.333. The molecule has 0 aliphatic carbocycles. The van der Waals surface area contributed by atoms with Gasteiger partial charge in [-0.1, -0.05) is 30.3 Å². The number of hydrogen-bond acceptors (Lipinski definition) is 4. The smallest absolute Gasteiger partial charge is 0.257 e. The van der Waals surface area contributed by atoms with Gasteiger partial charge in [-0.2, -0.15) is 0 Å². The third-order valence-corrected chi connectivity index (χ3v) is 4.61. The molecule has 2 aromatic carbocycles. The molecular formula is C21H25N3O3. The largest absolute Gasteiger partial charge is 0.457 e. The van der Waals surface area contributed by atoms with Crippen LogP contribution in [0.4, 0.5) is 0 Å². The molecule has 1 saturated heterocycles. The number of nitrogens with zero attached hydrogens (tertiary/aromatic N) is 1. The predicted molar refractivity (Wildman–Crippen MR) is 104 cm³/mol. The molecule has 6 nitrogen and oxygen atoms in total. The molecule has 1 aliphatic heterocycles. The summed E-state index contributed by atoms with van der Waals surface area (Å²) >= 11 is 0. The molecule has 27 heavy (non-hydrogen) atoms. The van der Waals surface area contributed by atoms with E-state index in [2.05, 4.69) is 5.32 Å². The Morgan fingerprint density at radius 3 is 2.63 bits per heavy atom. The van der Waals surface area contributed by atoms with Gasteiger partial charge in [-0.15, -0.1) is 0 Å². The normalized spacial score (nSPS) is 16.6. The van der Waals surface area contributed by atoms with Gasteiger partial charge in [0.05, 0.1) is 11.5 Å². The van der Waals surface area contributed by atoms with Crippen molar-refractivity contribution >= 4 is 11.8 Å². The summed E-state index contributed by atoms with van der Waals surface area (Å²) in [5.41, 5.74) is 5.95. The second-order valence-electron chi connectivity index (χ2n) is 6.58. The summed E-state index contributed by atoms with van der Waals surface area (Å²) in [7, 11) is 0. The van der Waals surface area contributed by atoms with E-state index in [0.29, 0.717) is 43.2 Å². The first-order chi connectivity index (χ1) is 13.2. The zero-order valence-electron chi connectivity index (χ0n) is 15.3. The topological polar surface area (TPSA) is 84.7 Å². The first-order valence-electron chi connectivity index (χ1n) is 9.28. The number of nitrogens with one attached hydrogen (secondary N) is 1. The predicted octanol–water partition coefficient (Wildman–Crippen LogP) is 2.41. The second-order valence-corrected chi connectivity index (χ2v) is 6.58. The van der Waals surface area contributed by atoms with Gasteiger partial charge in [0.1, 0.15) is 11.5 Å². The van der Waals surface area contributed by atoms with E-state index in [1.54, 1.807) is 17.0 Å². The van der Waals surface area contributed by atoms with E-state index in [-0.39, 0.29) is 17.7 Å². The summed E-state index contributed by atoms with van der Waals surface area (Å²) in [6.45, 7) is 1.91. The SMILES string of the molecule is NCCNC(=O)C1CCCN(C(=O)c2ccccc2Oc2ccccc2)C1. The van der Waals surface area contributed by atoms with Crippen LogP contribution in [-0.2, 0) is 4.79 Å². The van der Waals surface area contributed by atoms with Gasteiger partial charge in [-0.25, -0.2) is 0 Å². The van der Waals surface area contributed by atoms with Gasteiger partial charge >= 0.3 is 0 Å². The number of likely N-dealkylation sites (tertiary alicyclic amines) is 1. The molecule has 1 heterocycles.